The van der Waals surface area contributed by atoms with Crippen LogP contribution in [0.2, 0.25) is 0 Å². The van der Waals surface area contributed by atoms with E-state index >= 15 is 0 Å². The third-order valence-corrected chi connectivity index (χ3v) is 11.1. The molecule has 1 atom stereocenters. The van der Waals surface area contributed by atoms with Gasteiger partial charge < -0.3 is 24.6 Å². The van der Waals surface area contributed by atoms with Crippen molar-refractivity contribution in [2.75, 3.05) is 19.6 Å². The van der Waals surface area contributed by atoms with Gasteiger partial charge in [-0.25, -0.2) is 17.9 Å². The molecular formula is C38H46N4O6S. The van der Waals surface area contributed by atoms with Gasteiger partial charge in [-0.1, -0.05) is 54.6 Å². The molecule has 0 radical (unpaired) electrons. The number of aromatic amines is 1. The smallest absolute Gasteiger partial charge is 0.410 e. The van der Waals surface area contributed by atoms with Crippen molar-refractivity contribution in [1.29, 1.82) is 0 Å². The van der Waals surface area contributed by atoms with Gasteiger partial charge in [0.2, 0.25) is 15.9 Å². The molecule has 1 saturated heterocycles. The Morgan fingerprint density at radius 3 is 2.37 bits per heavy atom. The number of hydrogen-bond donors (Lipinski definition) is 3. The normalized spacial score (nSPS) is 20.4. The highest BCUT2D eigenvalue weighted by Gasteiger charge is 2.39. The van der Waals surface area contributed by atoms with E-state index < -0.39 is 15.6 Å². The zero-order chi connectivity index (χ0) is 34.9. The van der Waals surface area contributed by atoms with Crippen LogP contribution in [0.25, 0.3) is 22.2 Å². The summed E-state index contributed by atoms with van der Waals surface area (Å²) in [5.74, 6) is -0.170. The summed E-state index contributed by atoms with van der Waals surface area (Å²) in [6.07, 6.45) is 1.89. The molecule has 49 heavy (non-hydrogen) atoms. The Kier molecular flexibility index (Phi) is 9.88. The number of nitrogens with one attached hydrogen (secondary N) is 2. The van der Waals surface area contributed by atoms with E-state index in [1.165, 1.54) is 0 Å². The molecule has 10 nitrogen and oxygen atoms in total. The number of ether oxygens (including phenoxy) is 1. The van der Waals surface area contributed by atoms with Crippen LogP contribution in [0.1, 0.15) is 69.2 Å². The molecule has 1 aliphatic carbocycles. The molecule has 2 heterocycles. The fourth-order valence-electron chi connectivity index (χ4n) is 7.02. The maximum atomic E-state index is 14.0. The number of carbonyl (C=O) groups is 2. The summed E-state index contributed by atoms with van der Waals surface area (Å²) in [4.78, 5) is 34.0. The van der Waals surface area contributed by atoms with Gasteiger partial charge in [0.15, 0.2) is 0 Å². The van der Waals surface area contributed by atoms with Gasteiger partial charge in [0.1, 0.15) is 5.60 Å². The fourth-order valence-corrected chi connectivity index (χ4v) is 8.36. The van der Waals surface area contributed by atoms with Crippen LogP contribution in [0.4, 0.5) is 4.79 Å². The number of aromatic nitrogens is 1. The lowest BCUT2D eigenvalue weighted by Crippen LogP contribution is -2.54. The maximum Gasteiger partial charge on any atom is 0.410 e. The van der Waals surface area contributed by atoms with Crippen LogP contribution >= 0.6 is 0 Å². The van der Waals surface area contributed by atoms with Gasteiger partial charge in [-0.2, -0.15) is 0 Å². The predicted octanol–water partition coefficient (Wildman–Crippen LogP) is 6.29. The van der Waals surface area contributed by atoms with Crippen molar-refractivity contribution >= 4 is 32.9 Å². The topological polar surface area (TPSA) is 132 Å². The highest BCUT2D eigenvalue weighted by Crippen LogP contribution is 2.34. The first-order valence-corrected chi connectivity index (χ1v) is 18.5. The minimum absolute atomic E-state index is 0.0244. The third-order valence-electron chi connectivity index (χ3n) is 9.57. The molecule has 2 amide bonds. The van der Waals surface area contributed by atoms with E-state index in [2.05, 4.69) is 9.71 Å². The minimum atomic E-state index is -3.80. The average molecular weight is 687 g/mol. The third kappa shape index (κ3) is 7.84. The lowest BCUT2D eigenvalue weighted by atomic mass is 9.85. The first kappa shape index (κ1) is 34.7. The molecule has 3 aromatic carbocycles. The Morgan fingerprint density at radius 1 is 0.959 bits per heavy atom. The second-order valence-corrected chi connectivity index (χ2v) is 16.0. The van der Waals surface area contributed by atoms with Gasteiger partial charge in [-0.05, 0) is 88.3 Å². The van der Waals surface area contributed by atoms with Crippen LogP contribution in [-0.2, 0) is 26.2 Å². The second-order valence-electron chi connectivity index (χ2n) is 14.3. The molecule has 3 N–H and O–H groups in total. The predicted molar refractivity (Wildman–Crippen MR) is 189 cm³/mol. The molecule has 260 valence electrons. The molecular weight excluding hydrogens is 641 g/mol. The summed E-state index contributed by atoms with van der Waals surface area (Å²) in [5, 5.41) is 10.4. The van der Waals surface area contributed by atoms with E-state index in [0.29, 0.717) is 45.3 Å². The highest BCUT2D eigenvalue weighted by atomic mass is 32.2. The largest absolute Gasteiger partial charge is 0.444 e. The lowest BCUT2D eigenvalue weighted by molar-refractivity contribution is -0.142. The number of benzene rings is 3. The molecule has 0 spiro atoms. The Labute approximate surface area is 288 Å². The van der Waals surface area contributed by atoms with E-state index in [1.54, 1.807) is 17.0 Å². The van der Waals surface area contributed by atoms with Crippen LogP contribution in [0.5, 0.6) is 0 Å². The van der Waals surface area contributed by atoms with E-state index in [-0.39, 0.29) is 41.5 Å². The number of amides is 2. The Morgan fingerprint density at radius 2 is 1.69 bits per heavy atom. The van der Waals surface area contributed by atoms with E-state index in [4.69, 9.17) is 4.74 Å². The number of hydrogen-bond acceptors (Lipinski definition) is 6. The van der Waals surface area contributed by atoms with Crippen molar-refractivity contribution in [1.82, 2.24) is 19.5 Å². The summed E-state index contributed by atoms with van der Waals surface area (Å²) in [5.41, 5.74) is 4.79. The number of carbonyl (C=O) groups excluding carboxylic acids is 2. The Bertz CT molecular complexity index is 1930. The van der Waals surface area contributed by atoms with Crippen molar-refractivity contribution < 1.29 is 27.9 Å². The summed E-state index contributed by atoms with van der Waals surface area (Å²) in [6.45, 7) is 8.62. The number of nitrogens with zero attached hydrogens (tertiary/aromatic N) is 2. The van der Waals surface area contributed by atoms with E-state index in [0.717, 1.165) is 38.9 Å². The number of aliphatic hydroxyl groups is 1. The summed E-state index contributed by atoms with van der Waals surface area (Å²) in [6, 6.07) is 22.1. The number of aryl methyl sites for hydroxylation is 1. The number of fused-ring (bicyclic) bond motifs is 1. The van der Waals surface area contributed by atoms with Crippen LogP contribution in [0.3, 0.4) is 0 Å². The molecule has 2 fully saturated rings. The van der Waals surface area contributed by atoms with Crippen LogP contribution < -0.4 is 4.72 Å². The number of sulfonamides is 1. The Balaban J connectivity index is 1.10. The zero-order valence-electron chi connectivity index (χ0n) is 28.6. The first-order valence-electron chi connectivity index (χ1n) is 17.0. The van der Waals surface area contributed by atoms with Gasteiger partial charge >= 0.3 is 6.09 Å². The van der Waals surface area contributed by atoms with Crippen molar-refractivity contribution in [3.8, 4) is 11.3 Å². The van der Waals surface area contributed by atoms with Crippen molar-refractivity contribution in [3.63, 3.8) is 0 Å². The average Bonchev–Trinajstić information content (AvgIpc) is 3.51. The van der Waals surface area contributed by atoms with Crippen LogP contribution in [0, 0.1) is 12.8 Å². The maximum absolute atomic E-state index is 14.0. The van der Waals surface area contributed by atoms with Gasteiger partial charge in [0, 0.05) is 53.8 Å². The quantitative estimate of drug-likeness (QED) is 0.209. The molecule has 11 heteroatoms. The van der Waals surface area contributed by atoms with E-state index in [9.17, 15) is 23.1 Å². The number of piperazine rings is 1. The molecule has 1 aromatic heterocycles. The van der Waals surface area contributed by atoms with Gasteiger partial charge in [-0.15, -0.1) is 0 Å². The lowest BCUT2D eigenvalue weighted by Gasteiger charge is -2.43. The highest BCUT2D eigenvalue weighted by molar-refractivity contribution is 7.89. The molecule has 0 bridgehead atoms. The van der Waals surface area contributed by atoms with Crippen LogP contribution in [-0.4, -0.2) is 71.6 Å². The molecule has 1 aliphatic heterocycles. The minimum Gasteiger partial charge on any atom is -0.444 e. The van der Waals surface area contributed by atoms with Gasteiger partial charge in [0.05, 0.1) is 17.5 Å². The number of aliphatic hydroxyl groups excluding tert-OH is 1. The van der Waals surface area contributed by atoms with Crippen molar-refractivity contribution in [2.24, 2.45) is 5.92 Å². The first-order chi connectivity index (χ1) is 23.3. The van der Waals surface area contributed by atoms with Crippen molar-refractivity contribution in [3.05, 3.63) is 89.5 Å². The number of rotatable bonds is 7. The van der Waals surface area contributed by atoms with Crippen LogP contribution in [0.15, 0.2) is 77.7 Å². The SMILES string of the molecule is Cc1cc(CO)ccc1-c1cc2ccc(S(=O)(=O)NC3CCC(C(=O)N4CCN(C(=O)OC(C)(C)C)C[C@@H]4c4ccccc4)CC3)cc2[nH]1. The zero-order valence-corrected chi connectivity index (χ0v) is 29.4. The molecule has 4 aromatic rings. The summed E-state index contributed by atoms with van der Waals surface area (Å²) < 4.78 is 35.6. The van der Waals surface area contributed by atoms with Gasteiger partial charge in [0.25, 0.3) is 0 Å². The molecule has 2 aliphatic rings. The Hall–Kier alpha value is -4.19. The standard InChI is InChI=1S/C38H46N4O6S/c1-25-20-26(24-43)10-17-32(25)34-21-29-13-16-31(22-33(29)39-34)49(46,47)40-30-14-11-28(12-15-30)36(44)42-19-18-41(37(45)48-38(2,3)4)23-35(42)27-8-6-5-7-9-27/h5-10,13,16-17,20-22,28,30,35,39-40,43H,11-12,14-15,18-19,23-24H2,1-4H3/t28?,30?,35-/m1/s1. The molecule has 1 saturated carbocycles. The monoisotopic (exact) mass is 686 g/mol. The molecule has 6 rings (SSSR count). The summed E-state index contributed by atoms with van der Waals surface area (Å²) in [7, 11) is -3.80. The summed E-state index contributed by atoms with van der Waals surface area (Å²) >= 11 is 0. The molecule has 0 unspecified atom stereocenters. The second kappa shape index (κ2) is 14.0. The van der Waals surface area contributed by atoms with Crippen molar-refractivity contribution in [2.45, 2.75) is 82.6 Å². The number of H-pyrrole nitrogens is 1. The van der Waals surface area contributed by atoms with Gasteiger partial charge in [-0.3, -0.25) is 4.79 Å². The fraction of sp³-hybridized carbons (Fsp3) is 0.421. The van der Waals surface area contributed by atoms with E-state index in [1.807, 2.05) is 93.3 Å².